The van der Waals surface area contributed by atoms with Crippen LogP contribution in [0.2, 0.25) is 0 Å². The van der Waals surface area contributed by atoms with Gasteiger partial charge in [-0.15, -0.1) is 0 Å². The SMILES string of the molecule is CC(/C(N)=N/O)N(C)Cc1cc(Br)cc2c1OCC2. The van der Waals surface area contributed by atoms with Crippen molar-refractivity contribution in [3.63, 3.8) is 0 Å². The number of halogens is 1. The third-order valence-corrected chi connectivity index (χ3v) is 3.91. The van der Waals surface area contributed by atoms with Crippen molar-refractivity contribution >= 4 is 21.8 Å². The van der Waals surface area contributed by atoms with Gasteiger partial charge in [-0.1, -0.05) is 21.1 Å². The Hall–Kier alpha value is -1.27. The molecule has 0 amide bonds. The number of nitrogens with two attached hydrogens (primary N) is 1. The monoisotopic (exact) mass is 327 g/mol. The number of benzene rings is 1. The quantitative estimate of drug-likeness (QED) is 0.384. The molecule has 3 N–H and O–H groups in total. The lowest BCUT2D eigenvalue weighted by Gasteiger charge is -2.24. The third-order valence-electron chi connectivity index (χ3n) is 3.45. The average Bonchev–Trinajstić information content (AvgIpc) is 2.84. The average molecular weight is 328 g/mol. The Kier molecular flexibility index (Phi) is 4.31. The Morgan fingerprint density at radius 3 is 3.05 bits per heavy atom. The van der Waals surface area contributed by atoms with Crippen LogP contribution >= 0.6 is 15.9 Å². The second-order valence-electron chi connectivity index (χ2n) is 4.77. The van der Waals surface area contributed by atoms with Crippen LogP contribution in [0.3, 0.4) is 0 Å². The standard InChI is InChI=1S/C13H18BrN3O2/c1-8(13(15)16-18)17(2)7-10-6-11(14)5-9-3-4-19-12(9)10/h5-6,8,18H,3-4,7H2,1-2H3,(H2,15,16). The molecule has 1 unspecified atom stereocenters. The first kappa shape index (κ1) is 14.1. The third kappa shape index (κ3) is 3.01. The minimum atomic E-state index is -0.138. The number of hydrogen-bond donors (Lipinski definition) is 2. The first-order chi connectivity index (χ1) is 9.02. The smallest absolute Gasteiger partial charge is 0.156 e. The normalized spacial score (nSPS) is 16.3. The summed E-state index contributed by atoms with van der Waals surface area (Å²) < 4.78 is 6.75. The van der Waals surface area contributed by atoms with Gasteiger partial charge in [0.1, 0.15) is 5.75 Å². The maximum absolute atomic E-state index is 8.72. The molecule has 1 atom stereocenters. The molecule has 1 aromatic rings. The number of nitrogens with zero attached hydrogens (tertiary/aromatic N) is 2. The van der Waals surface area contributed by atoms with Crippen molar-refractivity contribution in [3.05, 3.63) is 27.7 Å². The van der Waals surface area contributed by atoms with Gasteiger partial charge in [0.2, 0.25) is 0 Å². The summed E-state index contributed by atoms with van der Waals surface area (Å²) in [5, 5.41) is 11.8. The Balaban J connectivity index is 2.20. The highest BCUT2D eigenvalue weighted by atomic mass is 79.9. The van der Waals surface area contributed by atoms with Gasteiger partial charge in [0.25, 0.3) is 0 Å². The molecule has 0 aliphatic carbocycles. The first-order valence-electron chi connectivity index (χ1n) is 6.14. The summed E-state index contributed by atoms with van der Waals surface area (Å²) >= 11 is 3.52. The van der Waals surface area contributed by atoms with E-state index in [-0.39, 0.29) is 11.9 Å². The molecular weight excluding hydrogens is 310 g/mol. The van der Waals surface area contributed by atoms with Gasteiger partial charge in [-0.3, -0.25) is 4.90 Å². The van der Waals surface area contributed by atoms with E-state index in [9.17, 15) is 0 Å². The zero-order valence-corrected chi connectivity index (χ0v) is 12.6. The lowest BCUT2D eigenvalue weighted by Crippen LogP contribution is -2.40. The molecule has 0 fully saturated rings. The van der Waals surface area contributed by atoms with E-state index in [0.29, 0.717) is 6.54 Å². The minimum absolute atomic E-state index is 0.138. The van der Waals surface area contributed by atoms with Crippen molar-refractivity contribution in [1.82, 2.24) is 4.90 Å². The fourth-order valence-electron chi connectivity index (χ4n) is 2.18. The van der Waals surface area contributed by atoms with Gasteiger partial charge in [-0.25, -0.2) is 0 Å². The Bertz CT molecular complexity index is 505. The van der Waals surface area contributed by atoms with Crippen LogP contribution in [0.15, 0.2) is 21.8 Å². The van der Waals surface area contributed by atoms with E-state index in [1.165, 1.54) is 5.56 Å². The highest BCUT2D eigenvalue weighted by Gasteiger charge is 2.21. The number of hydrogen-bond acceptors (Lipinski definition) is 4. The Morgan fingerprint density at radius 1 is 1.63 bits per heavy atom. The second kappa shape index (κ2) is 5.79. The molecule has 0 saturated carbocycles. The van der Waals surface area contributed by atoms with Crippen molar-refractivity contribution in [2.45, 2.75) is 25.9 Å². The number of oxime groups is 1. The summed E-state index contributed by atoms with van der Waals surface area (Å²) in [6.07, 6.45) is 0.946. The predicted molar refractivity (Wildman–Crippen MR) is 77.7 cm³/mol. The van der Waals surface area contributed by atoms with E-state index in [0.717, 1.165) is 28.8 Å². The molecule has 6 heteroatoms. The summed E-state index contributed by atoms with van der Waals surface area (Å²) in [5.41, 5.74) is 7.98. The number of rotatable bonds is 4. The van der Waals surface area contributed by atoms with Crippen LogP contribution in [-0.4, -0.2) is 35.6 Å². The summed E-state index contributed by atoms with van der Waals surface area (Å²) in [6, 6.07) is 4.01. The van der Waals surface area contributed by atoms with Gasteiger partial charge < -0.3 is 15.7 Å². The Morgan fingerprint density at radius 2 is 2.37 bits per heavy atom. The summed E-state index contributed by atoms with van der Waals surface area (Å²) in [7, 11) is 1.94. The van der Waals surface area contributed by atoms with E-state index in [1.807, 2.05) is 18.9 Å². The van der Waals surface area contributed by atoms with Crippen LogP contribution in [0.25, 0.3) is 0 Å². The zero-order chi connectivity index (χ0) is 14.0. The lowest BCUT2D eigenvalue weighted by molar-refractivity contribution is 0.274. The van der Waals surface area contributed by atoms with E-state index in [4.69, 9.17) is 15.7 Å². The summed E-state index contributed by atoms with van der Waals surface area (Å²) in [6.45, 7) is 3.31. The molecule has 1 aliphatic rings. The number of amidine groups is 1. The van der Waals surface area contributed by atoms with E-state index in [2.05, 4.69) is 33.2 Å². The van der Waals surface area contributed by atoms with Crippen molar-refractivity contribution in [1.29, 1.82) is 0 Å². The molecule has 0 radical (unpaired) electrons. The van der Waals surface area contributed by atoms with Crippen LogP contribution in [0.5, 0.6) is 5.75 Å². The van der Waals surface area contributed by atoms with Gasteiger partial charge in [0.15, 0.2) is 5.84 Å². The van der Waals surface area contributed by atoms with E-state index < -0.39 is 0 Å². The number of likely N-dealkylation sites (N-methyl/N-ethyl adjacent to an activating group) is 1. The molecule has 19 heavy (non-hydrogen) atoms. The van der Waals surface area contributed by atoms with E-state index in [1.54, 1.807) is 0 Å². The maximum Gasteiger partial charge on any atom is 0.156 e. The molecular formula is C13H18BrN3O2. The predicted octanol–water partition coefficient (Wildman–Crippen LogP) is 1.95. The molecule has 2 rings (SSSR count). The van der Waals surface area contributed by atoms with Crippen LogP contribution in [0.4, 0.5) is 0 Å². The van der Waals surface area contributed by atoms with Crippen molar-refractivity contribution in [2.24, 2.45) is 10.9 Å². The van der Waals surface area contributed by atoms with Gasteiger partial charge in [-0.2, -0.15) is 0 Å². The van der Waals surface area contributed by atoms with Crippen molar-refractivity contribution in [3.8, 4) is 5.75 Å². The van der Waals surface area contributed by atoms with Crippen LogP contribution in [0, 0.1) is 0 Å². The summed E-state index contributed by atoms with van der Waals surface area (Å²) in [4.78, 5) is 2.01. The minimum Gasteiger partial charge on any atom is -0.493 e. The van der Waals surface area contributed by atoms with Gasteiger partial charge in [0, 0.05) is 23.0 Å². The van der Waals surface area contributed by atoms with Crippen molar-refractivity contribution < 1.29 is 9.94 Å². The van der Waals surface area contributed by atoms with Gasteiger partial charge in [0.05, 0.1) is 12.6 Å². The first-order valence-corrected chi connectivity index (χ1v) is 6.94. The largest absolute Gasteiger partial charge is 0.493 e. The Labute approximate surface area is 121 Å². The summed E-state index contributed by atoms with van der Waals surface area (Å²) in [5.74, 6) is 1.18. The number of fused-ring (bicyclic) bond motifs is 1. The topological polar surface area (TPSA) is 71.1 Å². The molecule has 1 aromatic carbocycles. The number of ether oxygens (including phenoxy) is 1. The second-order valence-corrected chi connectivity index (χ2v) is 5.68. The molecule has 0 bridgehead atoms. The highest BCUT2D eigenvalue weighted by molar-refractivity contribution is 9.10. The molecule has 0 aromatic heterocycles. The fourth-order valence-corrected chi connectivity index (χ4v) is 2.73. The van der Waals surface area contributed by atoms with Gasteiger partial charge >= 0.3 is 0 Å². The van der Waals surface area contributed by atoms with Crippen molar-refractivity contribution in [2.75, 3.05) is 13.7 Å². The molecule has 0 spiro atoms. The zero-order valence-electron chi connectivity index (χ0n) is 11.1. The van der Waals surface area contributed by atoms with Crippen LogP contribution in [0.1, 0.15) is 18.1 Å². The van der Waals surface area contributed by atoms with E-state index >= 15 is 0 Å². The molecule has 104 valence electrons. The fraction of sp³-hybridized carbons (Fsp3) is 0.462. The maximum atomic E-state index is 8.72. The molecule has 5 nitrogen and oxygen atoms in total. The van der Waals surface area contributed by atoms with Gasteiger partial charge in [-0.05, 0) is 31.7 Å². The molecule has 0 saturated heterocycles. The lowest BCUT2D eigenvalue weighted by atomic mass is 10.1. The molecule has 1 heterocycles. The molecule has 1 aliphatic heterocycles. The van der Waals surface area contributed by atoms with Crippen LogP contribution < -0.4 is 10.5 Å². The van der Waals surface area contributed by atoms with Crippen LogP contribution in [-0.2, 0) is 13.0 Å². The highest BCUT2D eigenvalue weighted by Crippen LogP contribution is 2.33.